The van der Waals surface area contributed by atoms with Crippen LogP contribution in [0.5, 0.6) is 0 Å². The first kappa shape index (κ1) is 14.2. The van der Waals surface area contributed by atoms with Crippen molar-refractivity contribution >= 4 is 12.0 Å². The van der Waals surface area contributed by atoms with Crippen LogP contribution in [0.1, 0.15) is 40.0 Å². The zero-order chi connectivity index (χ0) is 14.2. The van der Waals surface area contributed by atoms with Crippen molar-refractivity contribution in [3.63, 3.8) is 0 Å². The Balaban J connectivity index is 2.13. The fraction of sp³-hybridized carbons (Fsp3) is 0.857. The Morgan fingerprint density at radius 2 is 1.84 bits per heavy atom. The van der Waals surface area contributed by atoms with E-state index in [0.717, 1.165) is 25.8 Å². The molecule has 108 valence electrons. The molecule has 2 fully saturated rings. The maximum atomic E-state index is 12.6. The van der Waals surface area contributed by atoms with E-state index in [4.69, 9.17) is 0 Å². The van der Waals surface area contributed by atoms with Crippen LogP contribution in [0, 0.1) is 11.8 Å². The summed E-state index contributed by atoms with van der Waals surface area (Å²) in [5.41, 5.74) is 0. The number of carbonyl (C=O) groups excluding carboxylic acids is 1. The van der Waals surface area contributed by atoms with Crippen molar-refractivity contribution in [1.29, 1.82) is 0 Å². The van der Waals surface area contributed by atoms with E-state index in [9.17, 15) is 14.7 Å². The summed E-state index contributed by atoms with van der Waals surface area (Å²) in [6, 6.07) is -0.466. The van der Waals surface area contributed by atoms with Gasteiger partial charge in [0, 0.05) is 19.1 Å². The van der Waals surface area contributed by atoms with Crippen molar-refractivity contribution < 1.29 is 14.7 Å². The zero-order valence-electron chi connectivity index (χ0n) is 12.0. The number of carboxylic acids is 1. The number of aliphatic carboxylic acids is 1. The van der Waals surface area contributed by atoms with E-state index >= 15 is 0 Å². The fourth-order valence-corrected chi connectivity index (χ4v) is 3.43. The van der Waals surface area contributed by atoms with Gasteiger partial charge in [0.15, 0.2) is 0 Å². The molecule has 0 saturated carbocycles. The molecule has 0 aromatic carbocycles. The second-order valence-electron chi connectivity index (χ2n) is 6.17. The topological polar surface area (TPSA) is 60.9 Å². The van der Waals surface area contributed by atoms with E-state index < -0.39 is 12.0 Å². The van der Waals surface area contributed by atoms with Crippen LogP contribution in [-0.2, 0) is 4.79 Å². The monoisotopic (exact) mass is 268 g/mol. The van der Waals surface area contributed by atoms with Gasteiger partial charge in [-0.05, 0) is 31.1 Å². The average Bonchev–Trinajstić information content (AvgIpc) is 2.93. The Hall–Kier alpha value is -1.26. The Kier molecular flexibility index (Phi) is 4.02. The fourth-order valence-electron chi connectivity index (χ4n) is 3.43. The van der Waals surface area contributed by atoms with E-state index in [1.54, 1.807) is 4.90 Å². The van der Waals surface area contributed by atoms with E-state index in [-0.39, 0.29) is 18.0 Å². The number of nitrogens with zero attached hydrogens (tertiary/aromatic N) is 2. The number of carboxylic acid groups (broad SMARTS) is 1. The van der Waals surface area contributed by atoms with Crippen molar-refractivity contribution in [2.45, 2.75) is 52.1 Å². The molecule has 2 amide bonds. The van der Waals surface area contributed by atoms with Gasteiger partial charge >= 0.3 is 12.0 Å². The lowest BCUT2D eigenvalue weighted by Gasteiger charge is -2.33. The first-order valence-corrected chi connectivity index (χ1v) is 7.23. The number of amides is 2. The van der Waals surface area contributed by atoms with E-state index in [0.29, 0.717) is 12.5 Å². The number of hydrogen-bond donors (Lipinski definition) is 1. The smallest absolute Gasteiger partial charge is 0.326 e. The summed E-state index contributed by atoms with van der Waals surface area (Å²) in [5, 5.41) is 9.31. The Morgan fingerprint density at radius 3 is 2.42 bits per heavy atom. The van der Waals surface area contributed by atoms with Crippen LogP contribution in [0.2, 0.25) is 0 Å². The molecule has 5 nitrogen and oxygen atoms in total. The first-order chi connectivity index (χ1) is 8.93. The molecule has 0 bridgehead atoms. The zero-order valence-corrected chi connectivity index (χ0v) is 12.0. The van der Waals surface area contributed by atoms with Crippen molar-refractivity contribution in [2.75, 3.05) is 13.1 Å². The summed E-state index contributed by atoms with van der Waals surface area (Å²) < 4.78 is 0. The summed E-state index contributed by atoms with van der Waals surface area (Å²) in [6.07, 6.45) is 2.84. The molecule has 0 aliphatic carbocycles. The number of rotatable bonds is 2. The Labute approximate surface area is 114 Å². The minimum absolute atomic E-state index is 0.0431. The SMILES string of the molecule is CC(C)C1CCCN1C(=O)N1CCC(C)C1C(=O)O. The molecule has 1 N–H and O–H groups in total. The quantitative estimate of drug-likeness (QED) is 0.833. The molecule has 2 aliphatic heterocycles. The summed E-state index contributed by atoms with van der Waals surface area (Å²) in [7, 11) is 0. The molecule has 5 heteroatoms. The second-order valence-corrected chi connectivity index (χ2v) is 6.17. The highest BCUT2D eigenvalue weighted by atomic mass is 16.4. The molecule has 2 heterocycles. The van der Waals surface area contributed by atoms with E-state index in [1.807, 2.05) is 11.8 Å². The predicted molar refractivity (Wildman–Crippen MR) is 71.9 cm³/mol. The lowest BCUT2D eigenvalue weighted by Crippen LogP contribution is -2.51. The molecule has 2 aliphatic rings. The Bertz CT molecular complexity index is 370. The summed E-state index contributed by atoms with van der Waals surface area (Å²) in [4.78, 5) is 27.4. The van der Waals surface area contributed by atoms with Crippen LogP contribution in [0.25, 0.3) is 0 Å². The minimum Gasteiger partial charge on any atom is -0.480 e. The summed E-state index contributed by atoms with van der Waals surface area (Å²) in [6.45, 7) is 7.49. The number of urea groups is 1. The maximum absolute atomic E-state index is 12.6. The van der Waals surface area contributed by atoms with Crippen LogP contribution < -0.4 is 0 Å². The summed E-state index contributed by atoms with van der Waals surface area (Å²) in [5.74, 6) is -0.407. The maximum Gasteiger partial charge on any atom is 0.326 e. The Morgan fingerprint density at radius 1 is 1.16 bits per heavy atom. The highest BCUT2D eigenvalue weighted by molar-refractivity contribution is 5.84. The van der Waals surface area contributed by atoms with Gasteiger partial charge in [0.1, 0.15) is 6.04 Å². The molecule has 3 unspecified atom stereocenters. The molecule has 2 saturated heterocycles. The molecule has 2 rings (SSSR count). The van der Waals surface area contributed by atoms with E-state index in [1.165, 1.54) is 0 Å². The number of likely N-dealkylation sites (tertiary alicyclic amines) is 2. The largest absolute Gasteiger partial charge is 0.480 e. The third-order valence-corrected chi connectivity index (χ3v) is 4.51. The van der Waals surface area contributed by atoms with Crippen LogP contribution in [0.3, 0.4) is 0 Å². The third-order valence-electron chi connectivity index (χ3n) is 4.51. The molecular weight excluding hydrogens is 244 g/mol. The van der Waals surface area contributed by atoms with E-state index in [2.05, 4.69) is 13.8 Å². The van der Waals surface area contributed by atoms with Gasteiger partial charge in [0.25, 0.3) is 0 Å². The van der Waals surface area contributed by atoms with Crippen molar-refractivity contribution in [3.05, 3.63) is 0 Å². The number of hydrogen-bond acceptors (Lipinski definition) is 2. The molecule has 0 radical (unpaired) electrons. The van der Waals surface area contributed by atoms with Crippen molar-refractivity contribution in [3.8, 4) is 0 Å². The lowest BCUT2D eigenvalue weighted by molar-refractivity contribution is -0.142. The van der Waals surface area contributed by atoms with Crippen LogP contribution in [0.4, 0.5) is 4.79 Å². The molecule has 19 heavy (non-hydrogen) atoms. The second kappa shape index (κ2) is 5.39. The normalized spacial score (nSPS) is 31.3. The van der Waals surface area contributed by atoms with Gasteiger partial charge in [0.2, 0.25) is 0 Å². The summed E-state index contributed by atoms with van der Waals surface area (Å²) >= 11 is 0. The van der Waals surface area contributed by atoms with Crippen LogP contribution in [-0.4, -0.2) is 52.1 Å². The highest BCUT2D eigenvalue weighted by Crippen LogP contribution is 2.30. The van der Waals surface area contributed by atoms with Gasteiger partial charge in [-0.2, -0.15) is 0 Å². The predicted octanol–water partition coefficient (Wildman–Crippen LogP) is 2.02. The standard InChI is InChI=1S/C14H24N2O3/c1-9(2)11-5-4-7-15(11)14(19)16-8-6-10(3)12(16)13(17)18/h9-12H,4-8H2,1-3H3,(H,17,18). The minimum atomic E-state index is -0.876. The highest BCUT2D eigenvalue weighted by Gasteiger charge is 2.43. The van der Waals surface area contributed by atoms with Gasteiger partial charge in [-0.15, -0.1) is 0 Å². The van der Waals surface area contributed by atoms with Gasteiger partial charge in [-0.3, -0.25) is 0 Å². The van der Waals surface area contributed by atoms with Crippen molar-refractivity contribution in [1.82, 2.24) is 9.80 Å². The average molecular weight is 268 g/mol. The van der Waals surface area contributed by atoms with Gasteiger partial charge < -0.3 is 14.9 Å². The molecular formula is C14H24N2O3. The van der Waals surface area contributed by atoms with Crippen molar-refractivity contribution in [2.24, 2.45) is 11.8 Å². The molecule has 0 aromatic rings. The van der Waals surface area contributed by atoms with Crippen LogP contribution >= 0.6 is 0 Å². The third kappa shape index (κ3) is 2.55. The van der Waals surface area contributed by atoms with Gasteiger partial charge in [-0.1, -0.05) is 20.8 Å². The number of carbonyl (C=O) groups is 2. The first-order valence-electron chi connectivity index (χ1n) is 7.23. The molecule has 0 spiro atoms. The molecule has 3 atom stereocenters. The van der Waals surface area contributed by atoms with Gasteiger partial charge in [-0.25, -0.2) is 9.59 Å². The lowest BCUT2D eigenvalue weighted by atomic mass is 10.0. The van der Waals surface area contributed by atoms with Gasteiger partial charge in [0.05, 0.1) is 0 Å². The van der Waals surface area contributed by atoms with Crippen LogP contribution in [0.15, 0.2) is 0 Å². The molecule has 0 aromatic heterocycles.